The van der Waals surface area contributed by atoms with Gasteiger partial charge in [-0.25, -0.2) is 12.8 Å². The highest BCUT2D eigenvalue weighted by molar-refractivity contribution is 7.91. The normalized spacial score (nSPS) is 13.0. The summed E-state index contributed by atoms with van der Waals surface area (Å²) in [4.78, 5) is 13.5. The molecular formula is C15H26N2O3SSi. The number of amides is 1. The summed E-state index contributed by atoms with van der Waals surface area (Å²) < 4.78 is 28.1. The maximum atomic E-state index is 12.6. The Morgan fingerprint density at radius 3 is 2.18 bits per heavy atom. The minimum absolute atomic E-state index is 0.114. The van der Waals surface area contributed by atoms with Crippen LogP contribution >= 0.6 is 0 Å². The first-order valence-electron chi connectivity index (χ1n) is 7.14. The lowest BCUT2D eigenvalue weighted by molar-refractivity contribution is 0.0827. The fourth-order valence-corrected chi connectivity index (χ4v) is 6.53. The van der Waals surface area contributed by atoms with E-state index in [4.69, 9.17) is 0 Å². The van der Waals surface area contributed by atoms with Crippen LogP contribution in [0.2, 0.25) is 18.1 Å². The number of carbonyl (C=O) groups excluding carboxylic acids is 1. The van der Waals surface area contributed by atoms with Gasteiger partial charge in [0.25, 0.3) is 5.91 Å². The molecule has 1 rings (SSSR count). The maximum absolute atomic E-state index is 12.6. The average molecular weight is 343 g/mol. The predicted octanol–water partition coefficient (Wildman–Crippen LogP) is 2.67. The molecule has 0 aliphatic rings. The Bertz CT molecular complexity index is 662. The molecule has 0 heterocycles. The zero-order valence-corrected chi connectivity index (χ0v) is 16.2. The Balaban J connectivity index is 3.20. The van der Waals surface area contributed by atoms with Crippen LogP contribution < -0.4 is 4.39 Å². The molecule has 1 amide bonds. The van der Waals surface area contributed by atoms with Crippen molar-refractivity contribution in [1.82, 2.24) is 9.29 Å². The predicted molar refractivity (Wildman–Crippen MR) is 92.0 cm³/mol. The quantitative estimate of drug-likeness (QED) is 0.856. The van der Waals surface area contributed by atoms with Crippen molar-refractivity contribution >= 4 is 24.2 Å². The van der Waals surface area contributed by atoms with E-state index in [-0.39, 0.29) is 15.8 Å². The molecule has 0 saturated carbocycles. The SMILES string of the molecule is CN(C)C(=O)c1cccc(S(=O)(=O)N[Si](C)(C)C(C)(C)C)c1. The summed E-state index contributed by atoms with van der Waals surface area (Å²) in [6, 6.07) is 6.16. The van der Waals surface area contributed by atoms with E-state index in [0.717, 1.165) is 0 Å². The summed E-state index contributed by atoms with van der Waals surface area (Å²) >= 11 is 0. The van der Waals surface area contributed by atoms with Gasteiger partial charge >= 0.3 is 0 Å². The van der Waals surface area contributed by atoms with Gasteiger partial charge in [0, 0.05) is 19.7 Å². The molecule has 0 aliphatic carbocycles. The van der Waals surface area contributed by atoms with E-state index >= 15 is 0 Å². The first-order valence-corrected chi connectivity index (χ1v) is 11.6. The van der Waals surface area contributed by atoms with Crippen molar-refractivity contribution in [2.24, 2.45) is 0 Å². The van der Waals surface area contributed by atoms with E-state index in [1.165, 1.54) is 17.0 Å². The molecule has 1 aromatic carbocycles. The van der Waals surface area contributed by atoms with Crippen molar-refractivity contribution in [3.05, 3.63) is 29.8 Å². The van der Waals surface area contributed by atoms with Gasteiger partial charge in [0.2, 0.25) is 10.0 Å². The van der Waals surface area contributed by atoms with Gasteiger partial charge in [-0.1, -0.05) is 39.9 Å². The summed E-state index contributed by atoms with van der Waals surface area (Å²) in [7, 11) is -2.59. The van der Waals surface area contributed by atoms with E-state index in [9.17, 15) is 13.2 Å². The van der Waals surface area contributed by atoms with Gasteiger partial charge in [0.15, 0.2) is 0 Å². The standard InChI is InChI=1S/C15H26N2O3SSi/c1-15(2,3)22(6,7)16-21(19,20)13-10-8-9-12(11-13)14(18)17(4)5/h8-11,16H,1-7H3. The van der Waals surface area contributed by atoms with Gasteiger partial charge in [-0.3, -0.25) is 4.79 Å². The lowest BCUT2D eigenvalue weighted by atomic mass is 10.2. The third-order valence-corrected chi connectivity index (χ3v) is 11.8. The molecule has 5 nitrogen and oxygen atoms in total. The lowest BCUT2D eigenvalue weighted by Gasteiger charge is -2.36. The Kier molecular flexibility index (Phi) is 5.26. The van der Waals surface area contributed by atoms with E-state index in [2.05, 4.69) is 4.39 Å². The molecule has 0 aromatic heterocycles. The minimum Gasteiger partial charge on any atom is -0.345 e. The molecule has 0 bridgehead atoms. The first kappa shape index (κ1) is 18.9. The Morgan fingerprint density at radius 1 is 1.18 bits per heavy atom. The summed E-state index contributed by atoms with van der Waals surface area (Å²) in [5.74, 6) is -0.218. The monoisotopic (exact) mass is 342 g/mol. The third-order valence-electron chi connectivity index (χ3n) is 4.06. The van der Waals surface area contributed by atoms with Crippen molar-refractivity contribution in [3.8, 4) is 0 Å². The fourth-order valence-electron chi connectivity index (χ4n) is 1.60. The summed E-state index contributed by atoms with van der Waals surface area (Å²) in [6.45, 7) is 10.1. The minimum atomic E-state index is -3.64. The average Bonchev–Trinajstić information content (AvgIpc) is 2.35. The van der Waals surface area contributed by atoms with Gasteiger partial charge in [-0.05, 0) is 23.2 Å². The number of hydrogen-bond acceptors (Lipinski definition) is 3. The van der Waals surface area contributed by atoms with Gasteiger partial charge < -0.3 is 4.90 Å². The molecule has 0 fully saturated rings. The second-order valence-electron chi connectivity index (χ2n) is 7.21. The topological polar surface area (TPSA) is 66.5 Å². The Hall–Kier alpha value is -1.18. The molecule has 22 heavy (non-hydrogen) atoms. The van der Waals surface area contributed by atoms with Crippen LogP contribution in [0.3, 0.4) is 0 Å². The number of benzene rings is 1. The largest absolute Gasteiger partial charge is 0.345 e. The highest BCUT2D eigenvalue weighted by Crippen LogP contribution is 2.34. The van der Waals surface area contributed by atoms with E-state index in [1.54, 1.807) is 26.2 Å². The van der Waals surface area contributed by atoms with Crippen LogP contribution in [0.4, 0.5) is 0 Å². The maximum Gasteiger partial charge on any atom is 0.253 e. The van der Waals surface area contributed by atoms with Crippen molar-refractivity contribution in [2.45, 2.75) is 43.8 Å². The first-order chi connectivity index (χ1) is 9.78. The molecule has 0 saturated heterocycles. The van der Waals surface area contributed by atoms with Crippen molar-refractivity contribution in [1.29, 1.82) is 0 Å². The van der Waals surface area contributed by atoms with Crippen LogP contribution in [0.15, 0.2) is 29.2 Å². The van der Waals surface area contributed by atoms with Gasteiger partial charge in [0.05, 0.1) is 4.90 Å². The van der Waals surface area contributed by atoms with Crippen molar-refractivity contribution < 1.29 is 13.2 Å². The molecule has 0 unspecified atom stereocenters. The van der Waals surface area contributed by atoms with Crippen LogP contribution in [0.25, 0.3) is 0 Å². The van der Waals surface area contributed by atoms with Crippen molar-refractivity contribution in [2.75, 3.05) is 14.1 Å². The molecule has 7 heteroatoms. The Morgan fingerprint density at radius 2 is 1.73 bits per heavy atom. The smallest absolute Gasteiger partial charge is 0.253 e. The van der Waals surface area contributed by atoms with Crippen LogP contribution in [-0.2, 0) is 10.0 Å². The molecule has 0 atom stereocenters. The van der Waals surface area contributed by atoms with Crippen LogP contribution in [-0.4, -0.2) is 41.6 Å². The number of hydrogen-bond donors (Lipinski definition) is 1. The van der Waals surface area contributed by atoms with Crippen LogP contribution in [0.1, 0.15) is 31.1 Å². The number of sulfonamides is 1. The number of nitrogens with zero attached hydrogens (tertiary/aromatic N) is 1. The van der Waals surface area contributed by atoms with Crippen LogP contribution in [0.5, 0.6) is 0 Å². The zero-order chi connectivity index (χ0) is 17.3. The number of carbonyl (C=O) groups is 1. The van der Waals surface area contributed by atoms with Gasteiger partial charge in [-0.15, -0.1) is 0 Å². The van der Waals surface area contributed by atoms with Crippen molar-refractivity contribution in [3.63, 3.8) is 0 Å². The number of nitrogens with one attached hydrogen (secondary N) is 1. The zero-order valence-electron chi connectivity index (χ0n) is 14.4. The van der Waals surface area contributed by atoms with Crippen LogP contribution in [0, 0.1) is 0 Å². The van der Waals surface area contributed by atoms with Gasteiger partial charge in [0.1, 0.15) is 8.24 Å². The number of rotatable bonds is 4. The van der Waals surface area contributed by atoms with E-state index < -0.39 is 18.3 Å². The van der Waals surface area contributed by atoms with E-state index in [1.807, 2.05) is 33.9 Å². The lowest BCUT2D eigenvalue weighted by Crippen LogP contribution is -2.54. The molecule has 0 aliphatic heterocycles. The second kappa shape index (κ2) is 6.14. The highest BCUT2D eigenvalue weighted by atomic mass is 32.2. The molecular weight excluding hydrogens is 316 g/mol. The molecule has 0 radical (unpaired) electrons. The molecule has 0 spiro atoms. The Labute approximate surface area is 134 Å². The summed E-state index contributed by atoms with van der Waals surface area (Å²) in [5, 5.41) is -0.114. The summed E-state index contributed by atoms with van der Waals surface area (Å²) in [5.41, 5.74) is 0.364. The summed E-state index contributed by atoms with van der Waals surface area (Å²) in [6.07, 6.45) is 0. The molecule has 1 N–H and O–H groups in total. The fraction of sp³-hybridized carbons (Fsp3) is 0.533. The van der Waals surface area contributed by atoms with Gasteiger partial charge in [-0.2, -0.15) is 0 Å². The highest BCUT2D eigenvalue weighted by Gasteiger charge is 2.39. The van der Waals surface area contributed by atoms with E-state index in [0.29, 0.717) is 5.56 Å². The molecule has 1 aromatic rings. The molecule has 124 valence electrons. The third kappa shape index (κ3) is 4.18. The second-order valence-corrected chi connectivity index (χ2v) is 14.3.